The Morgan fingerprint density at radius 3 is 2.52 bits per heavy atom. The third-order valence-electron chi connectivity index (χ3n) is 3.81. The Kier molecular flexibility index (Phi) is 5.54. The summed E-state index contributed by atoms with van der Waals surface area (Å²) in [5.74, 6) is 0. The zero-order valence-electron chi connectivity index (χ0n) is 12.5. The van der Waals surface area contributed by atoms with Gasteiger partial charge < -0.3 is 15.0 Å². The van der Waals surface area contributed by atoms with Crippen molar-refractivity contribution >= 4 is 46.2 Å². The lowest BCUT2D eigenvalue weighted by molar-refractivity contribution is 0.122. The van der Waals surface area contributed by atoms with E-state index in [9.17, 15) is 0 Å². The minimum atomic E-state index is 0.562. The first kappa shape index (κ1) is 16.7. The van der Waals surface area contributed by atoms with Gasteiger partial charge in [0.25, 0.3) is 0 Å². The van der Waals surface area contributed by atoms with Gasteiger partial charge in [-0.05, 0) is 29.8 Å². The summed E-state index contributed by atoms with van der Waals surface area (Å²) in [5.41, 5.74) is 2.94. The molecule has 1 saturated heterocycles. The monoisotopic (exact) mass is 370 g/mol. The second-order valence-electron chi connectivity index (χ2n) is 5.33. The molecule has 2 aromatic carbocycles. The van der Waals surface area contributed by atoms with E-state index in [1.165, 1.54) is 0 Å². The number of hydrogen-bond donors (Lipinski definition) is 1. The van der Waals surface area contributed by atoms with Crippen LogP contribution in [0.2, 0.25) is 15.1 Å². The Hall–Kier alpha value is -1.13. The highest BCUT2D eigenvalue weighted by Gasteiger charge is 2.14. The van der Waals surface area contributed by atoms with Crippen LogP contribution < -0.4 is 10.2 Å². The van der Waals surface area contributed by atoms with Crippen LogP contribution in [0.4, 0.5) is 11.4 Å². The summed E-state index contributed by atoms with van der Waals surface area (Å²) in [5, 5.41) is 5.20. The molecule has 1 heterocycles. The number of nitrogens with one attached hydrogen (secondary N) is 1. The second-order valence-corrected chi connectivity index (χ2v) is 6.52. The third-order valence-corrected chi connectivity index (χ3v) is 4.97. The Labute approximate surface area is 151 Å². The summed E-state index contributed by atoms with van der Waals surface area (Å²) in [7, 11) is 0. The Morgan fingerprint density at radius 1 is 1.00 bits per heavy atom. The van der Waals surface area contributed by atoms with E-state index >= 15 is 0 Å². The van der Waals surface area contributed by atoms with Crippen molar-refractivity contribution in [1.82, 2.24) is 0 Å². The minimum absolute atomic E-state index is 0.562. The highest BCUT2D eigenvalue weighted by Crippen LogP contribution is 2.30. The summed E-state index contributed by atoms with van der Waals surface area (Å²) in [6, 6.07) is 11.6. The highest BCUT2D eigenvalue weighted by molar-refractivity contribution is 6.42. The normalized spacial score (nSPS) is 14.8. The van der Waals surface area contributed by atoms with E-state index in [0.29, 0.717) is 16.6 Å². The minimum Gasteiger partial charge on any atom is -0.381 e. The van der Waals surface area contributed by atoms with Gasteiger partial charge in [0, 0.05) is 25.3 Å². The molecule has 0 saturated carbocycles. The number of anilines is 2. The fourth-order valence-electron chi connectivity index (χ4n) is 2.56. The lowest BCUT2D eigenvalue weighted by Crippen LogP contribution is -2.36. The van der Waals surface area contributed by atoms with Crippen LogP contribution in [0.5, 0.6) is 0 Å². The lowest BCUT2D eigenvalue weighted by Gasteiger charge is -2.29. The zero-order valence-corrected chi connectivity index (χ0v) is 14.8. The maximum atomic E-state index is 6.43. The average molecular weight is 372 g/mol. The summed E-state index contributed by atoms with van der Waals surface area (Å²) < 4.78 is 5.37. The second kappa shape index (κ2) is 7.63. The molecule has 0 aliphatic carbocycles. The number of benzene rings is 2. The Bertz CT molecular complexity index is 688. The van der Waals surface area contributed by atoms with Gasteiger partial charge in [-0.2, -0.15) is 0 Å². The van der Waals surface area contributed by atoms with Gasteiger partial charge in [0.1, 0.15) is 0 Å². The first-order chi connectivity index (χ1) is 11.1. The van der Waals surface area contributed by atoms with E-state index in [2.05, 4.69) is 10.2 Å². The summed E-state index contributed by atoms with van der Waals surface area (Å²) >= 11 is 18.7. The average Bonchev–Trinajstić information content (AvgIpc) is 2.57. The van der Waals surface area contributed by atoms with Crippen molar-refractivity contribution in [3.8, 4) is 0 Å². The Morgan fingerprint density at radius 2 is 1.78 bits per heavy atom. The van der Waals surface area contributed by atoms with Crippen molar-refractivity contribution in [3.63, 3.8) is 0 Å². The maximum Gasteiger partial charge on any atom is 0.0660 e. The molecule has 1 aliphatic rings. The number of nitrogens with zero attached hydrogens (tertiary/aromatic N) is 1. The number of halogens is 3. The summed E-state index contributed by atoms with van der Waals surface area (Å²) in [6.45, 7) is 3.80. The topological polar surface area (TPSA) is 24.5 Å². The van der Waals surface area contributed by atoms with Gasteiger partial charge in [-0.1, -0.05) is 46.9 Å². The molecule has 0 aromatic heterocycles. The van der Waals surface area contributed by atoms with Crippen LogP contribution in [0, 0.1) is 0 Å². The summed E-state index contributed by atoms with van der Waals surface area (Å²) in [6.07, 6.45) is 0. The predicted molar refractivity (Wildman–Crippen MR) is 98.3 cm³/mol. The van der Waals surface area contributed by atoms with E-state index in [1.54, 1.807) is 6.07 Å². The van der Waals surface area contributed by atoms with Gasteiger partial charge in [0.05, 0.1) is 34.0 Å². The van der Waals surface area contributed by atoms with Gasteiger partial charge >= 0.3 is 0 Å². The standard InChI is InChI=1S/C17H17Cl3N2O/c18-14-3-1-2-12(17(14)20)11-21-13-4-5-16(15(19)10-13)22-6-8-23-9-7-22/h1-5,10,21H,6-9,11H2. The van der Waals surface area contributed by atoms with Crippen LogP contribution in [0.25, 0.3) is 0 Å². The van der Waals surface area contributed by atoms with Crippen LogP contribution in [0.3, 0.4) is 0 Å². The largest absolute Gasteiger partial charge is 0.381 e. The van der Waals surface area contributed by atoms with Crippen LogP contribution >= 0.6 is 34.8 Å². The van der Waals surface area contributed by atoms with Gasteiger partial charge in [0.15, 0.2) is 0 Å². The van der Waals surface area contributed by atoms with Crippen LogP contribution in [-0.2, 0) is 11.3 Å². The van der Waals surface area contributed by atoms with Crippen LogP contribution in [0.1, 0.15) is 5.56 Å². The predicted octanol–water partition coefficient (Wildman–Crippen LogP) is 5.10. The fraction of sp³-hybridized carbons (Fsp3) is 0.294. The molecule has 3 nitrogen and oxygen atoms in total. The van der Waals surface area contributed by atoms with Crippen LogP contribution in [-0.4, -0.2) is 26.3 Å². The number of hydrogen-bond acceptors (Lipinski definition) is 3. The van der Waals surface area contributed by atoms with Crippen molar-refractivity contribution in [2.45, 2.75) is 6.54 Å². The molecule has 2 aromatic rings. The first-order valence-electron chi connectivity index (χ1n) is 7.44. The maximum absolute atomic E-state index is 6.43. The van der Waals surface area contributed by atoms with E-state index in [-0.39, 0.29) is 0 Å². The fourth-order valence-corrected chi connectivity index (χ4v) is 3.25. The summed E-state index contributed by atoms with van der Waals surface area (Å²) in [4.78, 5) is 2.24. The molecule has 1 fully saturated rings. The highest BCUT2D eigenvalue weighted by atomic mass is 35.5. The van der Waals surface area contributed by atoms with Crippen molar-refractivity contribution in [2.24, 2.45) is 0 Å². The number of morpholine rings is 1. The molecule has 1 N–H and O–H groups in total. The van der Waals surface area contributed by atoms with E-state index < -0.39 is 0 Å². The Balaban J connectivity index is 1.69. The van der Waals surface area contributed by atoms with Crippen LogP contribution in [0.15, 0.2) is 36.4 Å². The molecule has 23 heavy (non-hydrogen) atoms. The van der Waals surface area contributed by atoms with Crippen molar-refractivity contribution in [2.75, 3.05) is 36.5 Å². The molecular weight excluding hydrogens is 355 g/mol. The molecule has 0 amide bonds. The van der Waals surface area contributed by atoms with Gasteiger partial charge in [-0.25, -0.2) is 0 Å². The third kappa shape index (κ3) is 4.04. The smallest absolute Gasteiger partial charge is 0.0660 e. The van der Waals surface area contributed by atoms with Gasteiger partial charge in [-0.15, -0.1) is 0 Å². The molecule has 122 valence electrons. The van der Waals surface area contributed by atoms with E-state index in [4.69, 9.17) is 39.5 Å². The lowest BCUT2D eigenvalue weighted by atomic mass is 10.2. The molecule has 3 rings (SSSR count). The van der Waals surface area contributed by atoms with Crippen molar-refractivity contribution in [3.05, 3.63) is 57.0 Å². The molecular formula is C17H17Cl3N2O. The number of ether oxygens (including phenoxy) is 1. The molecule has 6 heteroatoms. The quantitative estimate of drug-likeness (QED) is 0.809. The van der Waals surface area contributed by atoms with E-state index in [0.717, 1.165) is 48.3 Å². The SMILES string of the molecule is Clc1cc(NCc2cccc(Cl)c2Cl)ccc1N1CCOCC1. The molecule has 0 bridgehead atoms. The first-order valence-corrected chi connectivity index (χ1v) is 8.57. The molecule has 0 spiro atoms. The molecule has 0 radical (unpaired) electrons. The van der Waals surface area contributed by atoms with E-state index in [1.807, 2.05) is 30.3 Å². The zero-order chi connectivity index (χ0) is 16.2. The molecule has 1 aliphatic heterocycles. The van der Waals surface area contributed by atoms with Crippen molar-refractivity contribution < 1.29 is 4.74 Å². The number of rotatable bonds is 4. The van der Waals surface area contributed by atoms with Gasteiger partial charge in [-0.3, -0.25) is 0 Å². The van der Waals surface area contributed by atoms with Crippen molar-refractivity contribution in [1.29, 1.82) is 0 Å². The molecule has 0 unspecified atom stereocenters. The van der Waals surface area contributed by atoms with Gasteiger partial charge in [0.2, 0.25) is 0 Å². The molecule has 0 atom stereocenters.